The normalized spacial score (nSPS) is 16.9. The Morgan fingerprint density at radius 2 is 1.86 bits per heavy atom. The summed E-state index contributed by atoms with van der Waals surface area (Å²) in [5.41, 5.74) is -4.18. The fourth-order valence-corrected chi connectivity index (χ4v) is 4.23. The standard InChI is InChI=1S/C18H19F3N2O4S/c1-27-17(24)13-6-5-12-3-2-4-16(15(12)11-13)22-14-7-9-23(10-8-14)28(25,26)18(19,20)21/h2-6,11,14,22H,7-10H2,1H3. The lowest BCUT2D eigenvalue weighted by Crippen LogP contribution is -2.47. The second-order valence-electron chi connectivity index (χ2n) is 6.50. The minimum Gasteiger partial charge on any atom is -0.465 e. The predicted octanol–water partition coefficient (Wildman–Crippen LogP) is 3.35. The maximum absolute atomic E-state index is 12.7. The highest BCUT2D eigenvalue weighted by Gasteiger charge is 2.50. The number of nitrogens with one attached hydrogen (secondary N) is 1. The molecule has 0 saturated carbocycles. The number of alkyl halides is 3. The van der Waals surface area contributed by atoms with Gasteiger partial charge in [0.15, 0.2) is 0 Å². The molecule has 1 heterocycles. The van der Waals surface area contributed by atoms with Crippen LogP contribution in [0, 0.1) is 0 Å². The molecule has 0 atom stereocenters. The highest BCUT2D eigenvalue weighted by molar-refractivity contribution is 7.90. The minimum atomic E-state index is -5.29. The van der Waals surface area contributed by atoms with Crippen LogP contribution in [0.5, 0.6) is 0 Å². The molecular weight excluding hydrogens is 397 g/mol. The van der Waals surface area contributed by atoms with Crippen molar-refractivity contribution < 1.29 is 31.1 Å². The molecule has 0 aromatic heterocycles. The molecule has 0 spiro atoms. The number of carbonyl (C=O) groups excluding carboxylic acids is 1. The summed E-state index contributed by atoms with van der Waals surface area (Å²) in [4.78, 5) is 11.8. The van der Waals surface area contributed by atoms with E-state index in [9.17, 15) is 26.4 Å². The number of carbonyl (C=O) groups is 1. The number of ether oxygens (including phenoxy) is 1. The lowest BCUT2D eigenvalue weighted by Gasteiger charge is -2.32. The van der Waals surface area contributed by atoms with Crippen LogP contribution in [0.3, 0.4) is 0 Å². The molecule has 0 unspecified atom stereocenters. The van der Waals surface area contributed by atoms with Gasteiger partial charge in [-0.1, -0.05) is 18.2 Å². The van der Waals surface area contributed by atoms with Crippen molar-refractivity contribution in [3.05, 3.63) is 42.0 Å². The number of benzene rings is 2. The summed E-state index contributed by atoms with van der Waals surface area (Å²) < 4.78 is 66.3. The second kappa shape index (κ2) is 7.59. The number of halogens is 3. The topological polar surface area (TPSA) is 75.7 Å². The summed E-state index contributed by atoms with van der Waals surface area (Å²) in [6.07, 6.45) is 0.477. The largest absolute Gasteiger partial charge is 0.511 e. The maximum Gasteiger partial charge on any atom is 0.511 e. The molecule has 1 saturated heterocycles. The average molecular weight is 416 g/mol. The molecule has 0 aliphatic carbocycles. The number of anilines is 1. The average Bonchev–Trinajstić information content (AvgIpc) is 2.67. The van der Waals surface area contributed by atoms with Crippen molar-refractivity contribution in [2.75, 3.05) is 25.5 Å². The van der Waals surface area contributed by atoms with Crippen LogP contribution < -0.4 is 5.32 Å². The zero-order valence-corrected chi connectivity index (χ0v) is 15.8. The third-order valence-electron chi connectivity index (χ3n) is 4.75. The van der Waals surface area contributed by atoms with Gasteiger partial charge < -0.3 is 10.1 Å². The molecule has 10 heteroatoms. The lowest BCUT2D eigenvalue weighted by molar-refractivity contribution is -0.0494. The molecule has 1 fully saturated rings. The van der Waals surface area contributed by atoms with Crippen molar-refractivity contribution in [2.45, 2.75) is 24.4 Å². The van der Waals surface area contributed by atoms with Crippen molar-refractivity contribution >= 4 is 32.5 Å². The maximum atomic E-state index is 12.7. The van der Waals surface area contributed by atoms with E-state index in [0.717, 1.165) is 16.5 Å². The first-order chi connectivity index (χ1) is 13.1. The van der Waals surface area contributed by atoms with E-state index >= 15 is 0 Å². The van der Waals surface area contributed by atoms with Gasteiger partial charge in [0.05, 0.1) is 12.7 Å². The van der Waals surface area contributed by atoms with Gasteiger partial charge >= 0.3 is 21.5 Å². The molecule has 1 N–H and O–H groups in total. The molecule has 2 aromatic rings. The summed E-state index contributed by atoms with van der Waals surface area (Å²) in [6, 6.07) is 10.4. The number of esters is 1. The van der Waals surface area contributed by atoms with Gasteiger partial charge in [0.1, 0.15) is 0 Å². The van der Waals surface area contributed by atoms with E-state index in [-0.39, 0.29) is 32.0 Å². The molecule has 1 aliphatic rings. The van der Waals surface area contributed by atoms with E-state index in [1.54, 1.807) is 18.2 Å². The number of methoxy groups -OCH3 is 1. The number of piperidine rings is 1. The number of hydrogen-bond acceptors (Lipinski definition) is 5. The Hall–Kier alpha value is -2.33. The van der Waals surface area contributed by atoms with Gasteiger partial charge in [0.25, 0.3) is 0 Å². The number of nitrogens with zero attached hydrogens (tertiary/aromatic N) is 1. The van der Waals surface area contributed by atoms with Crippen LogP contribution in [-0.2, 0) is 14.8 Å². The SMILES string of the molecule is COC(=O)c1ccc2cccc(NC3CCN(S(=O)(=O)C(F)(F)F)CC3)c2c1. The molecule has 28 heavy (non-hydrogen) atoms. The summed E-state index contributed by atoms with van der Waals surface area (Å²) in [7, 11) is -4.00. The van der Waals surface area contributed by atoms with E-state index in [1.165, 1.54) is 7.11 Å². The van der Waals surface area contributed by atoms with E-state index in [0.29, 0.717) is 9.87 Å². The molecule has 0 amide bonds. The Morgan fingerprint density at radius 1 is 1.18 bits per heavy atom. The van der Waals surface area contributed by atoms with Crippen molar-refractivity contribution in [1.82, 2.24) is 4.31 Å². The highest BCUT2D eigenvalue weighted by atomic mass is 32.2. The summed E-state index contributed by atoms with van der Waals surface area (Å²) in [5.74, 6) is -0.470. The van der Waals surface area contributed by atoms with E-state index in [4.69, 9.17) is 4.74 Å². The zero-order chi connectivity index (χ0) is 20.5. The van der Waals surface area contributed by atoms with E-state index in [1.807, 2.05) is 18.2 Å². The number of fused-ring (bicyclic) bond motifs is 1. The first-order valence-corrected chi connectivity index (χ1v) is 10.0. The van der Waals surface area contributed by atoms with Crippen LogP contribution in [0.1, 0.15) is 23.2 Å². The Balaban J connectivity index is 1.77. The van der Waals surface area contributed by atoms with Crippen molar-refractivity contribution in [3.63, 3.8) is 0 Å². The zero-order valence-electron chi connectivity index (χ0n) is 15.0. The molecule has 2 aromatic carbocycles. The predicted molar refractivity (Wildman–Crippen MR) is 98.5 cm³/mol. The third-order valence-corrected chi connectivity index (χ3v) is 6.38. The van der Waals surface area contributed by atoms with Crippen LogP contribution in [0.25, 0.3) is 10.8 Å². The van der Waals surface area contributed by atoms with Crippen molar-refractivity contribution in [3.8, 4) is 0 Å². The fraction of sp³-hybridized carbons (Fsp3) is 0.389. The van der Waals surface area contributed by atoms with E-state index < -0.39 is 21.5 Å². The first kappa shape index (κ1) is 20.4. The van der Waals surface area contributed by atoms with Gasteiger partial charge in [0, 0.05) is 30.2 Å². The van der Waals surface area contributed by atoms with Crippen LogP contribution in [0.4, 0.5) is 18.9 Å². The monoisotopic (exact) mass is 416 g/mol. The molecule has 0 radical (unpaired) electrons. The van der Waals surface area contributed by atoms with Gasteiger partial charge in [0.2, 0.25) is 0 Å². The molecular formula is C18H19F3N2O4S. The Morgan fingerprint density at radius 3 is 2.46 bits per heavy atom. The van der Waals surface area contributed by atoms with Gasteiger partial charge in [-0.2, -0.15) is 17.5 Å². The number of sulfonamides is 1. The summed E-state index contributed by atoms with van der Waals surface area (Å²) in [6.45, 7) is -0.421. The van der Waals surface area contributed by atoms with Crippen LogP contribution in [0.2, 0.25) is 0 Å². The van der Waals surface area contributed by atoms with Crippen molar-refractivity contribution in [1.29, 1.82) is 0 Å². The molecule has 3 rings (SSSR count). The van der Waals surface area contributed by atoms with Crippen LogP contribution in [0.15, 0.2) is 36.4 Å². The fourth-order valence-electron chi connectivity index (χ4n) is 3.25. The second-order valence-corrected chi connectivity index (χ2v) is 8.43. The molecule has 1 aliphatic heterocycles. The molecule has 0 bridgehead atoms. The summed E-state index contributed by atoms with van der Waals surface area (Å²) >= 11 is 0. The van der Waals surface area contributed by atoms with Crippen LogP contribution in [-0.4, -0.2) is 50.4 Å². The third kappa shape index (κ3) is 3.93. The molecule has 152 valence electrons. The van der Waals surface area contributed by atoms with Crippen molar-refractivity contribution in [2.24, 2.45) is 0 Å². The number of rotatable bonds is 4. The first-order valence-electron chi connectivity index (χ1n) is 8.57. The smallest absolute Gasteiger partial charge is 0.465 e. The summed E-state index contributed by atoms with van der Waals surface area (Å²) in [5, 5.41) is 4.92. The lowest BCUT2D eigenvalue weighted by atomic mass is 10.0. The Bertz CT molecular complexity index is 984. The van der Waals surface area contributed by atoms with Gasteiger partial charge in [-0.3, -0.25) is 0 Å². The van der Waals surface area contributed by atoms with Gasteiger partial charge in [-0.05, 0) is 36.4 Å². The van der Waals surface area contributed by atoms with E-state index in [2.05, 4.69) is 5.32 Å². The Kier molecular flexibility index (Phi) is 5.53. The molecule has 6 nitrogen and oxygen atoms in total. The minimum absolute atomic E-state index is 0.188. The van der Waals surface area contributed by atoms with Crippen LogP contribution >= 0.6 is 0 Å². The highest BCUT2D eigenvalue weighted by Crippen LogP contribution is 2.31. The van der Waals surface area contributed by atoms with Gasteiger partial charge in [-0.25, -0.2) is 13.2 Å². The number of hydrogen-bond donors (Lipinski definition) is 1. The quantitative estimate of drug-likeness (QED) is 0.774. The van der Waals surface area contributed by atoms with Gasteiger partial charge in [-0.15, -0.1) is 0 Å². The Labute approximate surface area is 160 Å².